The number of hydrogen-bond donors (Lipinski definition) is 0. The molecule has 0 atom stereocenters. The topological polar surface area (TPSA) is 60.7 Å². The zero-order valence-corrected chi connectivity index (χ0v) is 13.9. The van der Waals surface area contributed by atoms with Crippen LogP contribution in [0.4, 0.5) is 0 Å². The summed E-state index contributed by atoms with van der Waals surface area (Å²) in [5, 5.41) is 0.624. The minimum absolute atomic E-state index is 0.177. The van der Waals surface area contributed by atoms with Crippen molar-refractivity contribution in [2.45, 2.75) is 13.3 Å². The highest BCUT2D eigenvalue weighted by molar-refractivity contribution is 7.17. The van der Waals surface area contributed by atoms with Crippen LogP contribution in [0.2, 0.25) is 5.02 Å². The summed E-state index contributed by atoms with van der Waals surface area (Å²) in [5.74, 6) is -0.289. The summed E-state index contributed by atoms with van der Waals surface area (Å²) < 4.78 is 6.64. The normalized spacial score (nSPS) is 10.9. The van der Waals surface area contributed by atoms with Crippen LogP contribution in [0.1, 0.15) is 22.3 Å². The Hall–Kier alpha value is -2.18. The van der Waals surface area contributed by atoms with Crippen LogP contribution in [0.5, 0.6) is 0 Å². The third-order valence-corrected chi connectivity index (χ3v) is 4.50. The Morgan fingerprint density at radius 3 is 2.78 bits per heavy atom. The number of nitrogens with zero attached hydrogens (tertiary/aromatic N) is 2. The molecule has 0 amide bonds. The Labute approximate surface area is 141 Å². The number of rotatable bonds is 5. The Morgan fingerprint density at radius 2 is 2.13 bits per heavy atom. The largest absolute Gasteiger partial charge is 0.466 e. The van der Waals surface area contributed by atoms with Crippen LogP contribution in [-0.2, 0) is 16.0 Å². The van der Waals surface area contributed by atoms with Crippen molar-refractivity contribution in [2.24, 2.45) is 0 Å². The molecule has 0 aliphatic carbocycles. The summed E-state index contributed by atoms with van der Waals surface area (Å²) in [6, 6.07) is 7.15. The molecule has 7 heteroatoms. The Kier molecular flexibility index (Phi) is 4.45. The molecule has 2 aromatic heterocycles. The SMILES string of the molecule is CCOC(=O)Cc1cn2c(C=O)c(-c3ccc(Cl)cc3)nc2s1. The number of carbonyl (C=O) groups is 2. The Bertz CT molecular complexity index is 867. The fourth-order valence-electron chi connectivity index (χ4n) is 2.28. The standard InChI is InChI=1S/C16H13ClN2O3S/c1-2-22-14(21)7-12-8-19-13(9-20)15(18-16(19)23-12)10-3-5-11(17)6-4-10/h3-6,8-9H,2,7H2,1H3. The lowest BCUT2D eigenvalue weighted by atomic mass is 10.1. The number of benzene rings is 1. The molecular formula is C16H13ClN2O3S. The zero-order chi connectivity index (χ0) is 16.4. The maximum atomic E-state index is 11.6. The molecule has 5 nitrogen and oxygen atoms in total. The first-order valence-electron chi connectivity index (χ1n) is 7.00. The van der Waals surface area contributed by atoms with Gasteiger partial charge >= 0.3 is 5.97 Å². The highest BCUT2D eigenvalue weighted by Crippen LogP contribution is 2.28. The van der Waals surface area contributed by atoms with E-state index in [1.165, 1.54) is 11.3 Å². The van der Waals surface area contributed by atoms with E-state index in [9.17, 15) is 9.59 Å². The average molecular weight is 349 g/mol. The maximum absolute atomic E-state index is 11.6. The van der Waals surface area contributed by atoms with E-state index in [4.69, 9.17) is 16.3 Å². The van der Waals surface area contributed by atoms with Crippen LogP contribution in [0.3, 0.4) is 0 Å². The quantitative estimate of drug-likeness (QED) is 0.521. The highest BCUT2D eigenvalue weighted by atomic mass is 35.5. The molecule has 0 fully saturated rings. The van der Waals surface area contributed by atoms with E-state index in [1.54, 1.807) is 29.7 Å². The third-order valence-electron chi connectivity index (χ3n) is 3.26. The van der Waals surface area contributed by atoms with E-state index in [-0.39, 0.29) is 12.4 Å². The minimum Gasteiger partial charge on any atom is -0.466 e. The van der Waals surface area contributed by atoms with E-state index in [2.05, 4.69) is 4.98 Å². The van der Waals surface area contributed by atoms with Crippen LogP contribution < -0.4 is 0 Å². The third kappa shape index (κ3) is 3.13. The van der Waals surface area contributed by atoms with Gasteiger partial charge in [-0.15, -0.1) is 11.3 Å². The van der Waals surface area contributed by atoms with Crippen molar-refractivity contribution >= 4 is 40.2 Å². The second kappa shape index (κ2) is 6.52. The first-order valence-corrected chi connectivity index (χ1v) is 8.19. The van der Waals surface area contributed by atoms with Crippen molar-refractivity contribution in [3.8, 4) is 11.3 Å². The summed E-state index contributed by atoms with van der Waals surface area (Å²) in [7, 11) is 0. The lowest BCUT2D eigenvalue weighted by Crippen LogP contribution is -2.06. The molecule has 1 aromatic carbocycles. The van der Waals surface area contributed by atoms with Gasteiger partial charge in [0.1, 0.15) is 11.4 Å². The number of aromatic nitrogens is 2. The number of halogens is 1. The van der Waals surface area contributed by atoms with Gasteiger partial charge in [0, 0.05) is 21.7 Å². The summed E-state index contributed by atoms with van der Waals surface area (Å²) >= 11 is 7.25. The number of thiazole rings is 1. The summed E-state index contributed by atoms with van der Waals surface area (Å²) in [5.41, 5.74) is 1.87. The first kappa shape index (κ1) is 15.7. The van der Waals surface area contributed by atoms with Crippen molar-refractivity contribution in [3.05, 3.63) is 46.1 Å². The predicted octanol–water partition coefficient (Wildman–Crippen LogP) is 3.63. The number of imidazole rings is 1. The van der Waals surface area contributed by atoms with E-state index in [1.807, 2.05) is 12.1 Å². The van der Waals surface area contributed by atoms with Crippen LogP contribution in [-0.4, -0.2) is 28.2 Å². The molecule has 0 spiro atoms. The first-order chi connectivity index (χ1) is 11.1. The van der Waals surface area contributed by atoms with Gasteiger partial charge in [-0.1, -0.05) is 23.7 Å². The second-order valence-electron chi connectivity index (χ2n) is 4.80. The van der Waals surface area contributed by atoms with Gasteiger partial charge in [-0.3, -0.25) is 14.0 Å². The molecule has 0 aliphatic heterocycles. The van der Waals surface area contributed by atoms with Gasteiger partial charge in [-0.2, -0.15) is 0 Å². The maximum Gasteiger partial charge on any atom is 0.311 e. The van der Waals surface area contributed by atoms with Crippen molar-refractivity contribution in [3.63, 3.8) is 0 Å². The van der Waals surface area contributed by atoms with Gasteiger partial charge < -0.3 is 4.74 Å². The van der Waals surface area contributed by atoms with E-state index < -0.39 is 0 Å². The van der Waals surface area contributed by atoms with Gasteiger partial charge in [0.05, 0.1) is 13.0 Å². The predicted molar refractivity (Wildman–Crippen MR) is 89.2 cm³/mol. The van der Waals surface area contributed by atoms with Crippen LogP contribution in [0.15, 0.2) is 30.5 Å². The zero-order valence-electron chi connectivity index (χ0n) is 12.3. The Balaban J connectivity index is 1.99. The minimum atomic E-state index is -0.289. The smallest absolute Gasteiger partial charge is 0.311 e. The molecular weight excluding hydrogens is 336 g/mol. The van der Waals surface area contributed by atoms with Crippen molar-refractivity contribution in [2.75, 3.05) is 6.61 Å². The number of aldehydes is 1. The van der Waals surface area contributed by atoms with E-state index >= 15 is 0 Å². The fraction of sp³-hybridized carbons (Fsp3) is 0.188. The van der Waals surface area contributed by atoms with E-state index in [0.717, 1.165) is 16.7 Å². The van der Waals surface area contributed by atoms with Gasteiger partial charge in [0.2, 0.25) is 0 Å². The molecule has 0 aliphatic rings. The van der Waals surface area contributed by atoms with E-state index in [0.29, 0.717) is 28.0 Å². The number of esters is 1. The van der Waals surface area contributed by atoms with Gasteiger partial charge in [0.15, 0.2) is 11.2 Å². The monoisotopic (exact) mass is 348 g/mol. The molecule has 0 radical (unpaired) electrons. The molecule has 0 N–H and O–H groups in total. The summed E-state index contributed by atoms with van der Waals surface area (Å²) in [6.45, 7) is 2.11. The molecule has 0 saturated heterocycles. The second-order valence-corrected chi connectivity index (χ2v) is 6.33. The Morgan fingerprint density at radius 1 is 1.39 bits per heavy atom. The van der Waals surface area contributed by atoms with Crippen LogP contribution >= 0.6 is 22.9 Å². The van der Waals surface area contributed by atoms with Crippen molar-refractivity contribution < 1.29 is 14.3 Å². The molecule has 0 unspecified atom stereocenters. The van der Waals surface area contributed by atoms with Gasteiger partial charge in [-0.05, 0) is 19.1 Å². The molecule has 3 rings (SSSR count). The fourth-order valence-corrected chi connectivity index (χ4v) is 3.37. The molecule has 23 heavy (non-hydrogen) atoms. The molecule has 0 saturated carbocycles. The van der Waals surface area contributed by atoms with Crippen LogP contribution in [0, 0.1) is 0 Å². The molecule has 118 valence electrons. The molecule has 3 aromatic rings. The van der Waals surface area contributed by atoms with Crippen molar-refractivity contribution in [1.29, 1.82) is 0 Å². The summed E-state index contributed by atoms with van der Waals surface area (Å²) in [6.07, 6.45) is 2.70. The number of ether oxygens (including phenoxy) is 1. The lowest BCUT2D eigenvalue weighted by Gasteiger charge is -2.00. The molecule has 2 heterocycles. The highest BCUT2D eigenvalue weighted by Gasteiger charge is 2.17. The van der Waals surface area contributed by atoms with Crippen molar-refractivity contribution in [1.82, 2.24) is 9.38 Å². The van der Waals surface area contributed by atoms with Crippen LogP contribution in [0.25, 0.3) is 16.2 Å². The number of fused-ring (bicyclic) bond motifs is 1. The molecule has 0 bridgehead atoms. The average Bonchev–Trinajstić information content (AvgIpc) is 3.04. The van der Waals surface area contributed by atoms with Gasteiger partial charge in [-0.25, -0.2) is 4.98 Å². The summed E-state index contributed by atoms with van der Waals surface area (Å²) in [4.78, 5) is 29.0. The van der Waals surface area contributed by atoms with Gasteiger partial charge in [0.25, 0.3) is 0 Å². The number of carbonyl (C=O) groups excluding carboxylic acids is 2. The lowest BCUT2D eigenvalue weighted by molar-refractivity contribution is -0.142. The number of hydrogen-bond acceptors (Lipinski definition) is 5.